The summed E-state index contributed by atoms with van der Waals surface area (Å²) in [5.41, 5.74) is 5.01. The van der Waals surface area contributed by atoms with E-state index >= 15 is 0 Å². The van der Waals surface area contributed by atoms with Crippen molar-refractivity contribution in [2.24, 2.45) is 40.4 Å². The van der Waals surface area contributed by atoms with E-state index in [0.717, 1.165) is 81.7 Å². The molecular weight excluding hydrogens is 703 g/mol. The Kier molecular flexibility index (Phi) is 8.63. The third kappa shape index (κ3) is 5.76. The first-order valence-corrected chi connectivity index (χ1v) is 23.3. The van der Waals surface area contributed by atoms with Crippen LogP contribution in [0.2, 0.25) is 0 Å². The van der Waals surface area contributed by atoms with Gasteiger partial charge in [-0.3, -0.25) is 0 Å². The highest BCUT2D eigenvalue weighted by molar-refractivity contribution is 7.89. The van der Waals surface area contributed by atoms with E-state index in [2.05, 4.69) is 96.9 Å². The molecule has 8 heteroatoms. The number of likely N-dealkylation sites (tertiary alicyclic amines) is 1. The van der Waals surface area contributed by atoms with Crippen molar-refractivity contribution in [3.8, 4) is 0 Å². The SMILES string of the molecule is CC1(C)C2CC[C@@]1(CS(=O)(=O)N1CCC3(C=Cc4ccccc43)CC1)C(O)C2.O=C(NC1C2CC3CC(C2)CC1C3)N1CCC2(C=Cc3ccccc32)CC1. The average molecular weight is 764 g/mol. The number of carbonyl (C=O) groups excluding carboxylic acids is 1. The van der Waals surface area contributed by atoms with Gasteiger partial charge in [0, 0.05) is 48.5 Å². The molecular formula is C47H61N3O4S. The first kappa shape index (κ1) is 36.4. The molecule has 12 rings (SSSR count). The predicted octanol–water partition coefficient (Wildman–Crippen LogP) is 8.15. The first-order valence-electron chi connectivity index (χ1n) is 21.7. The fourth-order valence-electron chi connectivity index (χ4n) is 14.2. The third-order valence-corrected chi connectivity index (χ3v) is 19.5. The van der Waals surface area contributed by atoms with Crippen LogP contribution in [-0.4, -0.2) is 72.8 Å². The van der Waals surface area contributed by atoms with Gasteiger partial charge in [-0.25, -0.2) is 17.5 Å². The van der Waals surface area contributed by atoms with Gasteiger partial charge in [0.25, 0.3) is 0 Å². The number of nitrogens with zero attached hydrogens (tertiary/aromatic N) is 2. The highest BCUT2D eigenvalue weighted by Crippen LogP contribution is 2.66. The van der Waals surface area contributed by atoms with E-state index in [0.29, 0.717) is 25.0 Å². The number of aliphatic hydroxyl groups is 1. The van der Waals surface area contributed by atoms with Crippen LogP contribution in [0.15, 0.2) is 60.7 Å². The maximum Gasteiger partial charge on any atom is 0.317 e. The number of sulfonamides is 1. The normalized spacial score (nSPS) is 36.6. The number of hydrogen-bond donors (Lipinski definition) is 2. The minimum atomic E-state index is -3.39. The number of hydrogen-bond acceptors (Lipinski definition) is 4. The smallest absolute Gasteiger partial charge is 0.317 e. The fraction of sp³-hybridized carbons (Fsp3) is 0.638. The number of aliphatic hydroxyl groups excluding tert-OH is 1. The second-order valence-electron chi connectivity index (χ2n) is 20.1. The average Bonchev–Trinajstić information content (AvgIpc) is 3.84. The molecule has 8 fully saturated rings. The summed E-state index contributed by atoms with van der Waals surface area (Å²) in [6.07, 6.45) is 22.0. The van der Waals surface area contributed by atoms with E-state index in [1.807, 2.05) is 0 Å². The molecule has 2 spiro atoms. The number of allylic oxidation sites excluding steroid dienone is 2. The van der Waals surface area contributed by atoms with E-state index < -0.39 is 21.5 Å². The lowest BCUT2D eigenvalue weighted by atomic mass is 9.54. The topological polar surface area (TPSA) is 90.0 Å². The minimum Gasteiger partial charge on any atom is -0.392 e. The number of amides is 2. The van der Waals surface area contributed by atoms with Crippen molar-refractivity contribution < 1.29 is 18.3 Å². The molecule has 55 heavy (non-hydrogen) atoms. The molecule has 3 atom stereocenters. The zero-order chi connectivity index (χ0) is 37.8. The van der Waals surface area contributed by atoms with Crippen LogP contribution in [0.25, 0.3) is 12.2 Å². The summed E-state index contributed by atoms with van der Waals surface area (Å²) >= 11 is 0. The van der Waals surface area contributed by atoms with E-state index in [1.54, 1.807) is 4.31 Å². The number of benzene rings is 2. The molecule has 2 heterocycles. The van der Waals surface area contributed by atoms with Gasteiger partial charge in [0.05, 0.1) is 11.9 Å². The number of rotatable bonds is 4. The first-order chi connectivity index (χ1) is 26.4. The summed E-state index contributed by atoms with van der Waals surface area (Å²) in [6.45, 7) is 7.22. The summed E-state index contributed by atoms with van der Waals surface area (Å²) in [5, 5.41) is 14.3. The maximum atomic E-state index is 13.4. The van der Waals surface area contributed by atoms with Crippen molar-refractivity contribution in [2.45, 2.75) is 114 Å². The van der Waals surface area contributed by atoms with Gasteiger partial charge in [-0.15, -0.1) is 0 Å². The van der Waals surface area contributed by atoms with Gasteiger partial charge < -0.3 is 15.3 Å². The number of carbonyl (C=O) groups is 1. The Morgan fingerprint density at radius 3 is 1.78 bits per heavy atom. The Morgan fingerprint density at radius 2 is 1.27 bits per heavy atom. The van der Waals surface area contributed by atoms with Crippen LogP contribution in [0.4, 0.5) is 4.79 Å². The molecule has 2 aromatic carbocycles. The van der Waals surface area contributed by atoms with Crippen molar-refractivity contribution in [3.63, 3.8) is 0 Å². The predicted molar refractivity (Wildman–Crippen MR) is 219 cm³/mol. The van der Waals surface area contributed by atoms with Crippen LogP contribution < -0.4 is 5.32 Å². The maximum absolute atomic E-state index is 13.4. The molecule has 0 aromatic heterocycles. The summed E-state index contributed by atoms with van der Waals surface area (Å²) in [4.78, 5) is 15.1. The van der Waals surface area contributed by atoms with Crippen molar-refractivity contribution in [3.05, 3.63) is 82.9 Å². The van der Waals surface area contributed by atoms with Crippen LogP contribution in [0.1, 0.15) is 113 Å². The molecule has 0 radical (unpaired) electrons. The van der Waals surface area contributed by atoms with Crippen LogP contribution in [0.5, 0.6) is 0 Å². The van der Waals surface area contributed by atoms with Crippen LogP contribution in [0.3, 0.4) is 0 Å². The van der Waals surface area contributed by atoms with Crippen molar-refractivity contribution >= 4 is 28.2 Å². The van der Waals surface area contributed by atoms with Crippen molar-refractivity contribution in [1.82, 2.24) is 14.5 Å². The van der Waals surface area contributed by atoms with E-state index in [9.17, 15) is 18.3 Å². The zero-order valence-electron chi connectivity index (χ0n) is 33.0. The van der Waals surface area contributed by atoms with Crippen molar-refractivity contribution in [1.29, 1.82) is 0 Å². The Labute approximate surface area is 329 Å². The Balaban J connectivity index is 0.000000135. The van der Waals surface area contributed by atoms with Gasteiger partial charge in [0.2, 0.25) is 10.0 Å². The largest absolute Gasteiger partial charge is 0.392 e. The summed E-state index contributed by atoms with van der Waals surface area (Å²) in [5.74, 6) is 3.98. The molecule has 10 aliphatic rings. The van der Waals surface area contributed by atoms with E-state index in [4.69, 9.17) is 0 Å². The lowest BCUT2D eigenvalue weighted by molar-refractivity contribution is -0.0114. The van der Waals surface area contributed by atoms with Gasteiger partial charge in [-0.1, -0.05) is 86.7 Å². The van der Waals surface area contributed by atoms with Crippen LogP contribution in [-0.2, 0) is 20.9 Å². The Morgan fingerprint density at radius 1 is 0.745 bits per heavy atom. The highest BCUT2D eigenvalue weighted by atomic mass is 32.2. The minimum absolute atomic E-state index is 0.00844. The molecule has 2 N–H and O–H groups in total. The lowest BCUT2D eigenvalue weighted by Crippen LogP contribution is -2.59. The molecule has 2 aliphatic heterocycles. The lowest BCUT2D eigenvalue weighted by Gasteiger charge is -2.54. The van der Waals surface area contributed by atoms with Gasteiger partial charge in [0.1, 0.15) is 0 Å². The Hall–Kier alpha value is -2.94. The second kappa shape index (κ2) is 13.0. The molecule has 6 bridgehead atoms. The standard InChI is InChI=1S/C24H30N2O.C23H31NO3S/c27-23(25-22-19-12-16-11-17(14-19)15-20(22)13-16)26-9-7-24(8-10-26)6-5-18-3-1-2-4-21(18)24;1-21(2)18-8-10-23(21,20(25)15-18)16-28(26,27)24-13-11-22(12-14-24)9-7-17-5-3-4-6-19(17)22/h1-6,16-17,19-20,22H,7-15H2,(H,25,27);3-7,9,18,20,25H,8,10-16H2,1-2H3/t;18?,20?,23-/m.1/s1. The number of fused-ring (bicyclic) bond motifs is 6. The molecule has 2 saturated heterocycles. The Bertz CT molecular complexity index is 1980. The second-order valence-corrected chi connectivity index (χ2v) is 22.0. The summed E-state index contributed by atoms with van der Waals surface area (Å²) in [7, 11) is -3.39. The van der Waals surface area contributed by atoms with Gasteiger partial charge in [-0.2, -0.15) is 0 Å². The fourth-order valence-corrected chi connectivity index (χ4v) is 16.5. The zero-order valence-corrected chi connectivity index (χ0v) is 33.8. The van der Waals surface area contributed by atoms with Crippen LogP contribution in [0, 0.1) is 40.4 Å². The molecule has 2 aromatic rings. The number of nitrogens with one attached hydrogen (secondary N) is 1. The van der Waals surface area contributed by atoms with E-state index in [1.165, 1.54) is 54.4 Å². The van der Waals surface area contributed by atoms with Crippen LogP contribution >= 0.6 is 0 Å². The molecule has 2 unspecified atom stereocenters. The number of piperidine rings is 2. The summed E-state index contributed by atoms with van der Waals surface area (Å²) in [6, 6.07) is 17.9. The number of urea groups is 1. The molecule has 2 amide bonds. The molecule has 7 nitrogen and oxygen atoms in total. The molecule has 294 valence electrons. The highest BCUT2D eigenvalue weighted by Gasteiger charge is 2.65. The molecule has 6 saturated carbocycles. The van der Waals surface area contributed by atoms with Crippen molar-refractivity contribution in [2.75, 3.05) is 31.9 Å². The quantitative estimate of drug-likeness (QED) is 0.329. The van der Waals surface area contributed by atoms with E-state index in [-0.39, 0.29) is 28.0 Å². The van der Waals surface area contributed by atoms with Gasteiger partial charge in [-0.05, 0) is 134 Å². The monoisotopic (exact) mass is 763 g/mol. The molecule has 8 aliphatic carbocycles. The third-order valence-electron chi connectivity index (χ3n) is 17.5. The summed E-state index contributed by atoms with van der Waals surface area (Å²) < 4.78 is 28.5. The van der Waals surface area contributed by atoms with Gasteiger partial charge >= 0.3 is 6.03 Å². The van der Waals surface area contributed by atoms with Gasteiger partial charge in [0.15, 0.2) is 0 Å².